The molecule has 3 aromatic carbocycles. The van der Waals surface area contributed by atoms with Gasteiger partial charge in [0.25, 0.3) is 11.8 Å². The summed E-state index contributed by atoms with van der Waals surface area (Å²) in [5.74, 6) is -0.239. The van der Waals surface area contributed by atoms with Crippen LogP contribution in [0.25, 0.3) is 21.2 Å². The van der Waals surface area contributed by atoms with Gasteiger partial charge in [0.15, 0.2) is 0 Å². The van der Waals surface area contributed by atoms with Crippen molar-refractivity contribution in [1.29, 1.82) is 0 Å². The van der Waals surface area contributed by atoms with Crippen LogP contribution in [0.1, 0.15) is 69.4 Å². The molecule has 0 spiro atoms. The van der Waals surface area contributed by atoms with Crippen LogP contribution in [0, 0.1) is 0 Å². The van der Waals surface area contributed by atoms with Gasteiger partial charge in [-0.1, -0.05) is 48.5 Å². The van der Waals surface area contributed by atoms with E-state index in [-0.39, 0.29) is 36.0 Å². The molecule has 40 heavy (non-hydrogen) atoms. The molecule has 2 fully saturated rings. The van der Waals surface area contributed by atoms with E-state index in [9.17, 15) is 22.8 Å². The maximum atomic E-state index is 14.0. The zero-order chi connectivity index (χ0) is 27.9. The Balaban J connectivity index is 1.26. The van der Waals surface area contributed by atoms with Gasteiger partial charge in [-0.05, 0) is 66.6 Å². The molecule has 2 aliphatic rings. The van der Waals surface area contributed by atoms with E-state index in [1.807, 2.05) is 36.4 Å². The van der Waals surface area contributed by atoms with Crippen molar-refractivity contribution in [2.24, 2.45) is 0 Å². The molecule has 1 atom stereocenters. The van der Waals surface area contributed by atoms with Gasteiger partial charge in [0.1, 0.15) is 5.69 Å². The number of alkyl halides is 3. The highest BCUT2D eigenvalue weighted by molar-refractivity contribution is 7.15. The van der Waals surface area contributed by atoms with Crippen molar-refractivity contribution in [3.05, 3.63) is 88.6 Å². The van der Waals surface area contributed by atoms with Crippen LogP contribution in [0.3, 0.4) is 0 Å². The predicted molar refractivity (Wildman–Crippen MR) is 149 cm³/mol. The van der Waals surface area contributed by atoms with E-state index in [2.05, 4.69) is 10.3 Å². The van der Waals surface area contributed by atoms with Gasteiger partial charge in [0.05, 0.1) is 15.4 Å². The highest BCUT2D eigenvalue weighted by atomic mass is 32.1. The Morgan fingerprint density at radius 1 is 0.975 bits per heavy atom. The Labute approximate surface area is 234 Å². The molecule has 2 heterocycles. The molecule has 1 N–H and O–H groups in total. The van der Waals surface area contributed by atoms with E-state index in [4.69, 9.17) is 0 Å². The van der Waals surface area contributed by atoms with Crippen molar-refractivity contribution in [3.8, 4) is 10.4 Å². The lowest BCUT2D eigenvalue weighted by Gasteiger charge is -2.35. The van der Waals surface area contributed by atoms with Gasteiger partial charge in [-0.15, -0.1) is 11.3 Å². The van der Waals surface area contributed by atoms with E-state index in [1.54, 1.807) is 17.0 Å². The third kappa shape index (κ3) is 5.35. The van der Waals surface area contributed by atoms with Gasteiger partial charge >= 0.3 is 6.18 Å². The molecule has 6 rings (SSSR count). The Bertz CT molecular complexity index is 1570. The normalized spacial score (nSPS) is 17.7. The minimum absolute atomic E-state index is 0.205. The number of piperidine rings is 1. The number of nitrogens with one attached hydrogen (secondary N) is 1. The number of benzene rings is 3. The Kier molecular flexibility index (Phi) is 7.08. The van der Waals surface area contributed by atoms with Gasteiger partial charge in [-0.3, -0.25) is 9.59 Å². The number of halogens is 3. The molecule has 0 radical (unpaired) electrons. The van der Waals surface area contributed by atoms with Crippen molar-refractivity contribution in [3.63, 3.8) is 0 Å². The van der Waals surface area contributed by atoms with E-state index >= 15 is 0 Å². The van der Waals surface area contributed by atoms with Gasteiger partial charge in [0.2, 0.25) is 0 Å². The molecular weight excluding hydrogens is 535 g/mol. The van der Waals surface area contributed by atoms with Crippen molar-refractivity contribution in [1.82, 2.24) is 15.2 Å². The van der Waals surface area contributed by atoms with E-state index in [1.165, 1.54) is 17.4 Å². The minimum Gasteiger partial charge on any atom is -0.350 e. The number of carbonyl (C=O) groups is 2. The predicted octanol–water partition coefficient (Wildman–Crippen LogP) is 7.28. The number of nitrogens with zero attached hydrogens (tertiary/aromatic N) is 2. The van der Waals surface area contributed by atoms with Crippen molar-refractivity contribution in [2.75, 3.05) is 13.1 Å². The van der Waals surface area contributed by atoms with Gasteiger partial charge in [0, 0.05) is 30.6 Å². The second-order valence-corrected chi connectivity index (χ2v) is 11.5. The first kappa shape index (κ1) is 26.5. The molecule has 9 heteroatoms. The molecule has 0 unspecified atom stereocenters. The molecule has 1 aromatic heterocycles. The molecule has 2 amide bonds. The number of carbonyl (C=O) groups excluding carboxylic acids is 2. The molecule has 1 saturated heterocycles. The lowest BCUT2D eigenvalue weighted by Crippen LogP contribution is -2.49. The second-order valence-electron chi connectivity index (χ2n) is 10.5. The average molecular weight is 564 g/mol. The maximum Gasteiger partial charge on any atom is 0.416 e. The fraction of sp³-hybridized carbons (Fsp3) is 0.323. The molecule has 4 aromatic rings. The third-order valence-electron chi connectivity index (χ3n) is 7.65. The SMILES string of the molecule is O=C(NC[C@@H]1CCCCN1C(=O)c1nc(C2CC2)sc1-c1cccc(C(F)(F)F)c1)c1cccc2ccccc12. The van der Waals surface area contributed by atoms with Crippen LogP contribution in [0.5, 0.6) is 0 Å². The fourth-order valence-corrected chi connectivity index (χ4v) is 6.59. The largest absolute Gasteiger partial charge is 0.416 e. The fourth-order valence-electron chi connectivity index (χ4n) is 5.36. The first-order valence-corrected chi connectivity index (χ1v) is 14.4. The summed E-state index contributed by atoms with van der Waals surface area (Å²) >= 11 is 1.32. The molecule has 1 aliphatic heterocycles. The maximum absolute atomic E-state index is 14.0. The van der Waals surface area contributed by atoms with Gasteiger partial charge < -0.3 is 10.2 Å². The molecular formula is C31H28F3N3O2S. The number of rotatable bonds is 6. The van der Waals surface area contributed by atoms with Crippen molar-refractivity contribution in [2.45, 2.75) is 50.2 Å². The minimum atomic E-state index is -4.48. The second kappa shape index (κ2) is 10.7. The van der Waals surface area contributed by atoms with Crippen LogP contribution >= 0.6 is 11.3 Å². The van der Waals surface area contributed by atoms with Crippen molar-refractivity contribution < 1.29 is 22.8 Å². The van der Waals surface area contributed by atoms with E-state index in [0.29, 0.717) is 22.5 Å². The summed E-state index contributed by atoms with van der Waals surface area (Å²) in [6, 6.07) is 18.2. The number of likely N-dealkylation sites (tertiary alicyclic amines) is 1. The number of hydrogen-bond donors (Lipinski definition) is 1. The number of amides is 2. The van der Waals surface area contributed by atoms with Crippen LogP contribution in [0.4, 0.5) is 13.2 Å². The van der Waals surface area contributed by atoms with Gasteiger partial charge in [-0.2, -0.15) is 13.2 Å². The zero-order valence-corrected chi connectivity index (χ0v) is 22.5. The lowest BCUT2D eigenvalue weighted by atomic mass is 10.00. The molecule has 1 aliphatic carbocycles. The molecule has 1 saturated carbocycles. The summed E-state index contributed by atoms with van der Waals surface area (Å²) in [4.78, 5) is 34.0. The van der Waals surface area contributed by atoms with Crippen LogP contribution in [0.15, 0.2) is 66.7 Å². The number of aromatic nitrogens is 1. The van der Waals surface area contributed by atoms with Crippen molar-refractivity contribution >= 4 is 33.9 Å². The zero-order valence-electron chi connectivity index (χ0n) is 21.7. The van der Waals surface area contributed by atoms with Crippen LogP contribution in [0.2, 0.25) is 0 Å². The summed E-state index contributed by atoms with van der Waals surface area (Å²) < 4.78 is 40.4. The Hall–Kier alpha value is -3.72. The highest BCUT2D eigenvalue weighted by Crippen LogP contribution is 2.45. The van der Waals surface area contributed by atoms with Crippen LogP contribution < -0.4 is 5.32 Å². The molecule has 206 valence electrons. The first-order chi connectivity index (χ1) is 19.3. The summed E-state index contributed by atoms with van der Waals surface area (Å²) in [5.41, 5.74) is 0.378. The summed E-state index contributed by atoms with van der Waals surface area (Å²) in [6.07, 6.45) is -0.0859. The number of thiazole rings is 1. The third-order valence-corrected chi connectivity index (χ3v) is 8.91. The quantitative estimate of drug-likeness (QED) is 0.268. The lowest BCUT2D eigenvalue weighted by molar-refractivity contribution is -0.137. The Morgan fingerprint density at radius 3 is 2.55 bits per heavy atom. The summed E-state index contributed by atoms with van der Waals surface area (Å²) in [6.45, 7) is 0.790. The van der Waals surface area contributed by atoms with Crippen LogP contribution in [-0.4, -0.2) is 40.8 Å². The Morgan fingerprint density at radius 2 is 1.75 bits per heavy atom. The topological polar surface area (TPSA) is 62.3 Å². The number of fused-ring (bicyclic) bond motifs is 1. The monoisotopic (exact) mass is 563 g/mol. The average Bonchev–Trinajstić information content (AvgIpc) is 3.73. The van der Waals surface area contributed by atoms with Crippen LogP contribution in [-0.2, 0) is 6.18 Å². The van der Waals surface area contributed by atoms with Gasteiger partial charge in [-0.25, -0.2) is 4.98 Å². The summed E-state index contributed by atoms with van der Waals surface area (Å²) in [5, 5.41) is 5.66. The molecule has 5 nitrogen and oxygen atoms in total. The highest BCUT2D eigenvalue weighted by Gasteiger charge is 2.36. The standard InChI is InChI=1S/C31H28F3N3O2S/c32-31(33,34)22-10-5-9-21(17-22)27-26(36-29(40-27)20-14-15-20)30(39)37-16-4-3-11-23(37)18-35-28(38)25-13-6-8-19-7-1-2-12-24(19)25/h1-2,5-10,12-13,17,20,23H,3-4,11,14-16,18H2,(H,35,38)/t23-/m0/s1. The van der Waals surface area contributed by atoms with E-state index < -0.39 is 11.7 Å². The number of hydrogen-bond acceptors (Lipinski definition) is 4. The molecule has 0 bridgehead atoms. The first-order valence-electron chi connectivity index (χ1n) is 13.5. The smallest absolute Gasteiger partial charge is 0.350 e. The van der Waals surface area contributed by atoms with E-state index in [0.717, 1.165) is 60.0 Å². The summed E-state index contributed by atoms with van der Waals surface area (Å²) in [7, 11) is 0.